The second kappa shape index (κ2) is 52.0. The number of unbranched alkanes of at least 4 members (excludes halogenated alkanes) is 38. The van der Waals surface area contributed by atoms with E-state index in [1.54, 1.807) is 6.08 Å². The molecule has 6 heteroatoms. The molecule has 1 amide bonds. The molecule has 0 radical (unpaired) electrons. The van der Waals surface area contributed by atoms with Gasteiger partial charge in [-0.2, -0.15) is 0 Å². The summed E-state index contributed by atoms with van der Waals surface area (Å²) in [5, 5.41) is 23.1. The van der Waals surface area contributed by atoms with Crippen molar-refractivity contribution in [2.45, 2.75) is 309 Å². The molecule has 0 saturated carbocycles. The molecule has 0 aliphatic rings. The summed E-state index contributed by atoms with van der Waals surface area (Å²) in [6, 6.07) is -0.649. The zero-order valence-corrected chi connectivity index (χ0v) is 41.6. The van der Waals surface area contributed by atoms with Gasteiger partial charge in [-0.05, 0) is 51.4 Å². The Hall–Kier alpha value is -1.66. The van der Waals surface area contributed by atoms with E-state index in [2.05, 4.69) is 31.3 Å². The van der Waals surface area contributed by atoms with Crippen LogP contribution in [0.4, 0.5) is 0 Å². The summed E-state index contributed by atoms with van der Waals surface area (Å²) in [4.78, 5) is 24.4. The Morgan fingerprint density at radius 2 is 0.774 bits per heavy atom. The Balaban J connectivity index is 3.51. The van der Waals surface area contributed by atoms with Gasteiger partial charge in [0.1, 0.15) is 0 Å². The molecule has 0 bridgehead atoms. The zero-order valence-electron chi connectivity index (χ0n) is 41.6. The zero-order chi connectivity index (χ0) is 45.1. The number of hydrogen-bond donors (Lipinski definition) is 3. The second-order valence-electron chi connectivity index (χ2n) is 18.9. The number of aliphatic hydroxyl groups is 2. The van der Waals surface area contributed by atoms with Crippen LogP contribution in [0, 0.1) is 0 Å². The highest BCUT2D eigenvalue weighted by atomic mass is 16.5. The molecular formula is C56H107NO5. The lowest BCUT2D eigenvalue weighted by atomic mass is 10.0. The molecule has 0 aliphatic carbocycles. The van der Waals surface area contributed by atoms with Gasteiger partial charge in [0.2, 0.25) is 5.91 Å². The molecule has 0 rings (SSSR count). The number of aliphatic hydroxyl groups excluding tert-OH is 2. The Labute approximate surface area is 386 Å². The van der Waals surface area contributed by atoms with E-state index in [0.717, 1.165) is 57.8 Å². The fourth-order valence-electron chi connectivity index (χ4n) is 8.44. The van der Waals surface area contributed by atoms with Crippen LogP contribution in [0.15, 0.2) is 24.3 Å². The van der Waals surface area contributed by atoms with Gasteiger partial charge in [-0.15, -0.1) is 0 Å². The van der Waals surface area contributed by atoms with Crippen LogP contribution < -0.4 is 5.32 Å². The maximum absolute atomic E-state index is 12.5. The first kappa shape index (κ1) is 60.3. The minimum absolute atomic E-state index is 0.0378. The van der Waals surface area contributed by atoms with E-state index < -0.39 is 12.1 Å². The minimum Gasteiger partial charge on any atom is -0.466 e. The van der Waals surface area contributed by atoms with Crippen LogP contribution in [0.1, 0.15) is 296 Å². The Bertz CT molecular complexity index is 966. The number of esters is 1. The molecule has 2 unspecified atom stereocenters. The summed E-state index contributed by atoms with van der Waals surface area (Å²) in [6.07, 6.45) is 62.0. The average Bonchev–Trinajstić information content (AvgIpc) is 3.27. The number of nitrogens with one attached hydrogen (secondary N) is 1. The standard InChI is InChI=1S/C56H107NO5/c1-3-5-7-9-11-13-15-16-17-18-19-20-21-22-23-24-25-26-27-28-30-32-36-40-44-48-54(59)53(52-58)57-55(60)49-45-41-37-33-31-35-39-43-47-51-62-56(61)50-46-42-38-34-29-14-12-10-8-6-4-2/h10,12,44,48,53-54,58-59H,3-9,11,13-43,45-47,49-52H2,1-2H3,(H,57,60)/b12-10-,48-44+. The maximum atomic E-state index is 12.5. The highest BCUT2D eigenvalue weighted by Crippen LogP contribution is 2.17. The van der Waals surface area contributed by atoms with Crippen molar-refractivity contribution in [3.05, 3.63) is 24.3 Å². The highest BCUT2D eigenvalue weighted by molar-refractivity contribution is 5.76. The van der Waals surface area contributed by atoms with Crippen molar-refractivity contribution in [1.29, 1.82) is 0 Å². The van der Waals surface area contributed by atoms with Gasteiger partial charge in [-0.25, -0.2) is 0 Å². The second-order valence-corrected chi connectivity index (χ2v) is 18.9. The molecule has 62 heavy (non-hydrogen) atoms. The van der Waals surface area contributed by atoms with E-state index in [-0.39, 0.29) is 18.5 Å². The van der Waals surface area contributed by atoms with Gasteiger partial charge in [0.15, 0.2) is 0 Å². The van der Waals surface area contributed by atoms with Gasteiger partial charge in [-0.1, -0.05) is 256 Å². The van der Waals surface area contributed by atoms with E-state index in [0.29, 0.717) is 19.4 Å². The molecule has 6 nitrogen and oxygen atoms in total. The molecule has 3 N–H and O–H groups in total. The smallest absolute Gasteiger partial charge is 0.305 e. The van der Waals surface area contributed by atoms with Crippen molar-refractivity contribution in [1.82, 2.24) is 5.32 Å². The number of ether oxygens (including phenoxy) is 1. The molecule has 0 saturated heterocycles. The lowest BCUT2D eigenvalue weighted by Gasteiger charge is -2.20. The normalized spacial score (nSPS) is 12.8. The minimum atomic E-state index is -0.863. The topological polar surface area (TPSA) is 95.9 Å². The Morgan fingerprint density at radius 3 is 1.19 bits per heavy atom. The summed E-state index contributed by atoms with van der Waals surface area (Å²) in [6.45, 7) is 4.81. The van der Waals surface area contributed by atoms with Crippen LogP contribution in [0.25, 0.3) is 0 Å². The van der Waals surface area contributed by atoms with Crippen LogP contribution in [0.3, 0.4) is 0 Å². The van der Waals surface area contributed by atoms with Crippen molar-refractivity contribution >= 4 is 11.9 Å². The molecule has 0 aromatic rings. The summed E-state index contributed by atoms with van der Waals surface area (Å²) in [5.41, 5.74) is 0. The van der Waals surface area contributed by atoms with Gasteiger partial charge in [0.25, 0.3) is 0 Å². The lowest BCUT2D eigenvalue weighted by molar-refractivity contribution is -0.143. The lowest BCUT2D eigenvalue weighted by Crippen LogP contribution is -2.45. The Kier molecular flexibility index (Phi) is 50.6. The summed E-state index contributed by atoms with van der Waals surface area (Å²) >= 11 is 0. The molecule has 0 fully saturated rings. The van der Waals surface area contributed by atoms with Crippen LogP contribution in [-0.2, 0) is 14.3 Å². The predicted octanol–water partition coefficient (Wildman–Crippen LogP) is 16.7. The van der Waals surface area contributed by atoms with E-state index in [1.807, 2.05) is 6.08 Å². The van der Waals surface area contributed by atoms with Crippen LogP contribution >= 0.6 is 0 Å². The number of hydrogen-bond acceptors (Lipinski definition) is 5. The van der Waals surface area contributed by atoms with Crippen molar-refractivity contribution < 1.29 is 24.5 Å². The van der Waals surface area contributed by atoms with Crippen molar-refractivity contribution in [3.8, 4) is 0 Å². The Morgan fingerprint density at radius 1 is 0.435 bits per heavy atom. The first-order valence-electron chi connectivity index (χ1n) is 27.6. The number of carbonyl (C=O) groups excluding carboxylic acids is 2. The molecule has 0 aromatic carbocycles. The maximum Gasteiger partial charge on any atom is 0.305 e. The third-order valence-corrected chi connectivity index (χ3v) is 12.7. The summed E-state index contributed by atoms with van der Waals surface area (Å²) in [5.74, 6) is -0.132. The van der Waals surface area contributed by atoms with E-state index in [4.69, 9.17) is 4.74 Å². The van der Waals surface area contributed by atoms with Crippen molar-refractivity contribution in [2.24, 2.45) is 0 Å². The summed E-state index contributed by atoms with van der Waals surface area (Å²) < 4.78 is 5.43. The molecular weight excluding hydrogens is 767 g/mol. The SMILES string of the molecule is CCCC/C=C\CCCCCCCC(=O)OCCCCCCCCCCCC(=O)NC(CO)C(O)/C=C/CCCCCCCCCCCCCCCCCCCCCCCCC. The van der Waals surface area contributed by atoms with Gasteiger partial charge in [-0.3, -0.25) is 9.59 Å². The van der Waals surface area contributed by atoms with E-state index >= 15 is 0 Å². The predicted molar refractivity (Wildman–Crippen MR) is 269 cm³/mol. The van der Waals surface area contributed by atoms with Crippen LogP contribution in [0.5, 0.6) is 0 Å². The van der Waals surface area contributed by atoms with Gasteiger partial charge >= 0.3 is 5.97 Å². The fraction of sp³-hybridized carbons (Fsp3) is 0.893. The number of rotatable bonds is 51. The third kappa shape index (κ3) is 47.8. The average molecular weight is 874 g/mol. The van der Waals surface area contributed by atoms with Crippen LogP contribution in [-0.4, -0.2) is 47.4 Å². The molecule has 0 aliphatic heterocycles. The number of allylic oxidation sites excluding steroid dienone is 3. The molecule has 0 spiro atoms. The first-order valence-corrected chi connectivity index (χ1v) is 27.6. The van der Waals surface area contributed by atoms with E-state index in [1.165, 1.54) is 212 Å². The van der Waals surface area contributed by atoms with Crippen LogP contribution in [0.2, 0.25) is 0 Å². The number of carbonyl (C=O) groups is 2. The van der Waals surface area contributed by atoms with Crippen molar-refractivity contribution in [3.63, 3.8) is 0 Å². The quantitative estimate of drug-likeness (QED) is 0.0321. The molecule has 0 aromatic heterocycles. The van der Waals surface area contributed by atoms with Crippen molar-refractivity contribution in [2.75, 3.05) is 13.2 Å². The van der Waals surface area contributed by atoms with Gasteiger partial charge in [0.05, 0.1) is 25.4 Å². The highest BCUT2D eigenvalue weighted by Gasteiger charge is 2.18. The molecule has 0 heterocycles. The third-order valence-electron chi connectivity index (χ3n) is 12.7. The molecule has 366 valence electrons. The largest absolute Gasteiger partial charge is 0.466 e. The summed E-state index contributed by atoms with van der Waals surface area (Å²) in [7, 11) is 0. The van der Waals surface area contributed by atoms with Gasteiger partial charge in [0, 0.05) is 12.8 Å². The first-order chi connectivity index (χ1) is 30.5. The molecule has 2 atom stereocenters. The fourth-order valence-corrected chi connectivity index (χ4v) is 8.44. The van der Waals surface area contributed by atoms with E-state index in [9.17, 15) is 19.8 Å². The number of amides is 1. The monoisotopic (exact) mass is 874 g/mol. The van der Waals surface area contributed by atoms with Gasteiger partial charge < -0.3 is 20.3 Å².